The van der Waals surface area contributed by atoms with Gasteiger partial charge in [-0.1, -0.05) is 53.0 Å². The first-order valence-corrected chi connectivity index (χ1v) is 11.4. The van der Waals surface area contributed by atoms with E-state index in [0.29, 0.717) is 15.1 Å². The van der Waals surface area contributed by atoms with Gasteiger partial charge in [0.1, 0.15) is 11.5 Å². The summed E-state index contributed by atoms with van der Waals surface area (Å²) in [5.41, 5.74) is 0.0282. The molecule has 0 heterocycles. The van der Waals surface area contributed by atoms with Crippen LogP contribution in [0.2, 0.25) is 15.1 Å². The number of nitrogens with zero attached hydrogens (tertiary/aromatic N) is 1. The Labute approximate surface area is 194 Å². The number of anilines is 1. The number of hydrogen-bond acceptors (Lipinski definition) is 5. The second-order valence-electron chi connectivity index (χ2n) is 6.16. The van der Waals surface area contributed by atoms with Gasteiger partial charge in [0.2, 0.25) is 0 Å². The van der Waals surface area contributed by atoms with E-state index in [4.69, 9.17) is 44.3 Å². The Morgan fingerprint density at radius 1 is 0.903 bits per heavy atom. The van der Waals surface area contributed by atoms with E-state index in [9.17, 15) is 13.2 Å². The van der Waals surface area contributed by atoms with E-state index in [2.05, 4.69) is 0 Å². The first kappa shape index (κ1) is 23.2. The molecule has 0 aliphatic rings. The first-order valence-electron chi connectivity index (χ1n) is 8.78. The van der Waals surface area contributed by atoms with Crippen LogP contribution in [0.5, 0.6) is 11.5 Å². The van der Waals surface area contributed by atoms with Crippen LogP contribution in [0.4, 0.5) is 5.69 Å². The molecule has 0 aliphatic carbocycles. The summed E-state index contributed by atoms with van der Waals surface area (Å²) >= 11 is 18.2. The van der Waals surface area contributed by atoms with E-state index >= 15 is 0 Å². The Hall–Kier alpha value is -2.45. The lowest BCUT2D eigenvalue weighted by atomic mass is 10.3. The number of hydrogen-bond donors (Lipinski definition) is 0. The molecular formula is C21H16Cl3NO5S. The van der Waals surface area contributed by atoms with Crippen LogP contribution in [0.25, 0.3) is 0 Å². The predicted molar refractivity (Wildman–Crippen MR) is 121 cm³/mol. The third-order valence-electron chi connectivity index (χ3n) is 4.12. The summed E-state index contributed by atoms with van der Waals surface area (Å²) in [6.07, 6.45) is 0. The van der Waals surface area contributed by atoms with Gasteiger partial charge in [0.05, 0.1) is 27.7 Å². The van der Waals surface area contributed by atoms with Crippen LogP contribution < -0.4 is 13.8 Å². The third-order valence-corrected chi connectivity index (χ3v) is 6.73. The molecule has 3 aromatic rings. The van der Waals surface area contributed by atoms with Crippen molar-refractivity contribution in [3.8, 4) is 11.5 Å². The third kappa shape index (κ3) is 5.25. The van der Waals surface area contributed by atoms with Crippen LogP contribution in [0.15, 0.2) is 71.6 Å². The molecule has 0 aromatic heterocycles. The molecule has 3 rings (SSSR count). The van der Waals surface area contributed by atoms with Crippen molar-refractivity contribution in [3.63, 3.8) is 0 Å². The van der Waals surface area contributed by atoms with E-state index in [1.165, 1.54) is 49.6 Å². The number of carbonyl (C=O) groups is 1. The molecule has 0 radical (unpaired) electrons. The molecule has 0 bridgehead atoms. The highest BCUT2D eigenvalue weighted by molar-refractivity contribution is 7.93. The highest BCUT2D eigenvalue weighted by Crippen LogP contribution is 2.33. The van der Waals surface area contributed by atoms with Gasteiger partial charge in [0, 0.05) is 11.1 Å². The zero-order valence-corrected chi connectivity index (χ0v) is 19.2. The number of carbonyl (C=O) groups excluding carboxylic acids is 1. The van der Waals surface area contributed by atoms with Crippen LogP contribution in [0.1, 0.15) is 0 Å². The maximum Gasteiger partial charge on any atom is 0.278 e. The average molecular weight is 501 g/mol. The molecule has 0 N–H and O–H groups in total. The lowest BCUT2D eigenvalue weighted by molar-refractivity contribution is -0.119. The van der Waals surface area contributed by atoms with Crippen LogP contribution >= 0.6 is 34.8 Å². The minimum Gasteiger partial charge on any atom is -0.495 e. The zero-order chi connectivity index (χ0) is 22.6. The minimum atomic E-state index is -4.27. The monoisotopic (exact) mass is 499 g/mol. The van der Waals surface area contributed by atoms with Gasteiger partial charge in [-0.2, -0.15) is 4.31 Å². The number of amides is 1. The number of ether oxygens (including phenoxy) is 2. The first-order chi connectivity index (χ1) is 14.7. The van der Waals surface area contributed by atoms with Gasteiger partial charge in [0.15, 0.2) is 6.61 Å². The van der Waals surface area contributed by atoms with Crippen LogP contribution in [-0.4, -0.2) is 28.0 Å². The Kier molecular flexibility index (Phi) is 7.33. The van der Waals surface area contributed by atoms with Gasteiger partial charge in [-0.3, -0.25) is 4.79 Å². The maximum atomic E-state index is 13.3. The summed E-state index contributed by atoms with van der Waals surface area (Å²) in [5.74, 6) is -0.384. The number of benzene rings is 3. The Morgan fingerprint density at radius 3 is 2.26 bits per heavy atom. The van der Waals surface area contributed by atoms with Crippen LogP contribution in [-0.2, 0) is 14.8 Å². The summed E-state index contributed by atoms with van der Waals surface area (Å²) in [7, 11) is -2.84. The summed E-state index contributed by atoms with van der Waals surface area (Å²) in [6, 6.07) is 16.2. The van der Waals surface area contributed by atoms with Crippen LogP contribution in [0, 0.1) is 0 Å². The fraction of sp³-hybridized carbons (Fsp3) is 0.0952. The molecule has 0 atom stereocenters. The molecule has 0 unspecified atom stereocenters. The number of methoxy groups -OCH3 is 1. The summed E-state index contributed by atoms with van der Waals surface area (Å²) in [4.78, 5) is 13.0. The second-order valence-corrected chi connectivity index (χ2v) is 9.20. The highest BCUT2D eigenvalue weighted by atomic mass is 35.5. The lowest BCUT2D eigenvalue weighted by Gasteiger charge is -2.23. The molecule has 6 nitrogen and oxygen atoms in total. The molecule has 162 valence electrons. The summed E-state index contributed by atoms with van der Waals surface area (Å²) in [6.45, 7) is -0.615. The predicted octanol–water partition coefficient (Wildman–Crippen LogP) is 5.46. The van der Waals surface area contributed by atoms with Gasteiger partial charge in [-0.15, -0.1) is 0 Å². The van der Waals surface area contributed by atoms with E-state index < -0.39 is 22.5 Å². The number of halogens is 3. The van der Waals surface area contributed by atoms with Gasteiger partial charge in [0.25, 0.3) is 15.9 Å². The quantitative estimate of drug-likeness (QED) is 0.431. The fourth-order valence-electron chi connectivity index (χ4n) is 2.68. The van der Waals surface area contributed by atoms with E-state index in [1.807, 2.05) is 0 Å². The van der Waals surface area contributed by atoms with Gasteiger partial charge in [-0.05, 0) is 42.5 Å². The summed E-state index contributed by atoms with van der Waals surface area (Å²) in [5, 5.41) is 0.713. The van der Waals surface area contributed by atoms with Crippen LogP contribution in [0.3, 0.4) is 0 Å². The van der Waals surface area contributed by atoms with Gasteiger partial charge >= 0.3 is 0 Å². The molecule has 31 heavy (non-hydrogen) atoms. The Morgan fingerprint density at radius 2 is 1.61 bits per heavy atom. The van der Waals surface area contributed by atoms with E-state index in [0.717, 1.165) is 0 Å². The molecule has 0 spiro atoms. The molecule has 0 aliphatic heterocycles. The molecule has 0 fully saturated rings. The van der Waals surface area contributed by atoms with Crippen molar-refractivity contribution in [2.75, 3.05) is 18.0 Å². The standard InChI is InChI=1S/C21H16Cl3NO5S/c1-29-19-10-8-15(12-18(19)24)25(31(27,28)16-5-3-2-4-6-16)21(26)13-30-20-11-14(22)7-9-17(20)23/h2-12H,13H2,1H3. The van der Waals surface area contributed by atoms with Crippen molar-refractivity contribution in [2.24, 2.45) is 0 Å². The van der Waals surface area contributed by atoms with Crippen molar-refractivity contribution >= 4 is 56.4 Å². The molecule has 10 heteroatoms. The maximum absolute atomic E-state index is 13.3. The van der Waals surface area contributed by atoms with Crippen molar-refractivity contribution in [2.45, 2.75) is 4.90 Å². The normalized spacial score (nSPS) is 11.1. The smallest absolute Gasteiger partial charge is 0.278 e. The van der Waals surface area contributed by atoms with Crippen molar-refractivity contribution in [1.82, 2.24) is 0 Å². The second kappa shape index (κ2) is 9.78. The van der Waals surface area contributed by atoms with Gasteiger partial charge < -0.3 is 9.47 Å². The topological polar surface area (TPSA) is 72.9 Å². The molecule has 3 aromatic carbocycles. The Balaban J connectivity index is 2.00. The largest absolute Gasteiger partial charge is 0.495 e. The SMILES string of the molecule is COc1ccc(N(C(=O)COc2cc(Cl)ccc2Cl)S(=O)(=O)c2ccccc2)cc1Cl. The van der Waals surface area contributed by atoms with Crippen molar-refractivity contribution in [3.05, 3.63) is 81.8 Å². The lowest BCUT2D eigenvalue weighted by Crippen LogP contribution is -2.40. The fourth-order valence-corrected chi connectivity index (χ4v) is 4.69. The van der Waals surface area contributed by atoms with E-state index in [-0.39, 0.29) is 26.4 Å². The van der Waals surface area contributed by atoms with Crippen molar-refractivity contribution in [1.29, 1.82) is 0 Å². The minimum absolute atomic E-state index is 0.0282. The Bertz CT molecular complexity index is 1200. The zero-order valence-electron chi connectivity index (χ0n) is 16.1. The molecule has 0 saturated carbocycles. The number of rotatable bonds is 7. The number of sulfonamides is 1. The molecular weight excluding hydrogens is 485 g/mol. The molecule has 1 amide bonds. The van der Waals surface area contributed by atoms with Crippen molar-refractivity contribution < 1.29 is 22.7 Å². The highest BCUT2D eigenvalue weighted by Gasteiger charge is 2.32. The molecule has 0 saturated heterocycles. The average Bonchev–Trinajstić information content (AvgIpc) is 2.75. The van der Waals surface area contributed by atoms with Gasteiger partial charge in [-0.25, -0.2) is 8.42 Å². The van der Waals surface area contributed by atoms with E-state index in [1.54, 1.807) is 24.3 Å². The summed E-state index contributed by atoms with van der Waals surface area (Å²) < 4.78 is 37.8.